The van der Waals surface area contributed by atoms with Gasteiger partial charge in [0.05, 0.1) is 25.9 Å². The van der Waals surface area contributed by atoms with Crippen LogP contribution < -0.4 is 20.1 Å². The third-order valence-electron chi connectivity index (χ3n) is 6.82. The number of ether oxygens (including phenoxy) is 2. The van der Waals surface area contributed by atoms with E-state index in [0.29, 0.717) is 60.7 Å². The van der Waals surface area contributed by atoms with Crippen molar-refractivity contribution in [3.8, 4) is 11.5 Å². The van der Waals surface area contributed by atoms with Crippen molar-refractivity contribution in [1.29, 1.82) is 0 Å². The first-order chi connectivity index (χ1) is 16.8. The first-order valence-electron chi connectivity index (χ1n) is 11.4. The Morgan fingerprint density at radius 2 is 2.09 bits per heavy atom. The number of nitrogens with one attached hydrogen (secondary N) is 2. The number of hydrogen-bond donors (Lipinski definition) is 3. The molecular weight excluding hydrogens is 450 g/mol. The fraction of sp³-hybridized carbons (Fsp3) is 0.385. The van der Waals surface area contributed by atoms with Gasteiger partial charge in [0.25, 0.3) is 5.91 Å². The Kier molecular flexibility index (Phi) is 6.65. The molecule has 1 aliphatic heterocycles. The van der Waals surface area contributed by atoms with E-state index >= 15 is 0 Å². The molecule has 2 atom stereocenters. The van der Waals surface area contributed by atoms with Crippen molar-refractivity contribution in [2.24, 2.45) is 5.92 Å². The van der Waals surface area contributed by atoms with Gasteiger partial charge in [-0.3, -0.25) is 14.4 Å². The molecule has 35 heavy (non-hydrogen) atoms. The van der Waals surface area contributed by atoms with Crippen LogP contribution in [0.3, 0.4) is 0 Å². The molecule has 2 aromatic carbocycles. The van der Waals surface area contributed by atoms with Gasteiger partial charge in [-0.1, -0.05) is 12.1 Å². The Bertz CT molecular complexity index is 1230. The molecule has 4 rings (SSSR count). The van der Waals surface area contributed by atoms with Gasteiger partial charge in [0.1, 0.15) is 11.5 Å². The second-order valence-electron chi connectivity index (χ2n) is 8.83. The number of aryl methyl sites for hydroxylation is 1. The van der Waals surface area contributed by atoms with Crippen LogP contribution in [0.25, 0.3) is 4.85 Å². The van der Waals surface area contributed by atoms with E-state index < -0.39 is 11.4 Å². The summed E-state index contributed by atoms with van der Waals surface area (Å²) in [7, 11) is 3.04. The van der Waals surface area contributed by atoms with E-state index in [1.54, 1.807) is 37.4 Å². The van der Waals surface area contributed by atoms with Gasteiger partial charge in [-0.2, -0.15) is 0 Å². The highest BCUT2D eigenvalue weighted by atomic mass is 16.5. The highest BCUT2D eigenvalue weighted by molar-refractivity contribution is 5.99. The van der Waals surface area contributed by atoms with Crippen molar-refractivity contribution in [2.75, 3.05) is 26.1 Å². The molecule has 1 saturated carbocycles. The normalized spacial score (nSPS) is 19.6. The molecule has 2 aliphatic rings. The zero-order valence-electron chi connectivity index (χ0n) is 19.6. The minimum absolute atomic E-state index is 0.0254. The number of nitrogens with zero attached hydrogens (tertiary/aromatic N) is 1. The summed E-state index contributed by atoms with van der Waals surface area (Å²) in [6, 6.07) is 8.52. The second kappa shape index (κ2) is 9.66. The topological polar surface area (TPSA) is 118 Å². The van der Waals surface area contributed by atoms with Crippen LogP contribution in [0.4, 0.5) is 11.4 Å². The number of carboxylic acids is 1. The number of benzene rings is 2. The van der Waals surface area contributed by atoms with Crippen molar-refractivity contribution in [3.05, 3.63) is 58.4 Å². The number of carboxylic acid groups (broad SMARTS) is 1. The molecule has 1 heterocycles. The molecule has 1 aliphatic carbocycles. The van der Waals surface area contributed by atoms with Crippen LogP contribution in [0.2, 0.25) is 0 Å². The Balaban J connectivity index is 1.59. The highest BCUT2D eigenvalue weighted by Gasteiger charge is 2.61. The van der Waals surface area contributed by atoms with E-state index in [-0.39, 0.29) is 24.2 Å². The maximum Gasteiger partial charge on any atom is 0.303 e. The number of carbonyl (C=O) groups excluding carboxylic acids is 2. The fourth-order valence-corrected chi connectivity index (χ4v) is 4.87. The third-order valence-corrected chi connectivity index (χ3v) is 6.82. The lowest BCUT2D eigenvalue weighted by atomic mass is 9.86. The molecule has 9 heteroatoms. The number of methoxy groups -OCH3 is 1. The summed E-state index contributed by atoms with van der Waals surface area (Å²) in [5, 5.41) is 14.5. The molecule has 0 bridgehead atoms. The quantitative estimate of drug-likeness (QED) is 0.499. The Morgan fingerprint density at radius 3 is 2.77 bits per heavy atom. The van der Waals surface area contributed by atoms with Crippen molar-refractivity contribution in [3.63, 3.8) is 0 Å². The summed E-state index contributed by atoms with van der Waals surface area (Å²) in [6.07, 6.45) is 2.19. The smallest absolute Gasteiger partial charge is 0.303 e. The van der Waals surface area contributed by atoms with Crippen LogP contribution in [-0.2, 0) is 21.4 Å². The largest absolute Gasteiger partial charge is 0.496 e. The predicted octanol–water partition coefficient (Wildman–Crippen LogP) is 3.69. The molecule has 1 fully saturated rings. The Hall–Kier alpha value is -4.06. The molecule has 2 aromatic rings. The Morgan fingerprint density at radius 1 is 1.29 bits per heavy atom. The van der Waals surface area contributed by atoms with Gasteiger partial charge >= 0.3 is 5.97 Å². The number of hydrogen-bond acceptors (Lipinski definition) is 5. The van der Waals surface area contributed by atoms with E-state index in [4.69, 9.17) is 21.2 Å². The molecule has 9 nitrogen and oxygen atoms in total. The maximum atomic E-state index is 13.4. The molecule has 0 aromatic heterocycles. The number of aliphatic carboxylic acids is 1. The fourth-order valence-electron chi connectivity index (χ4n) is 4.87. The minimum atomic E-state index is -0.876. The second-order valence-corrected chi connectivity index (χ2v) is 8.83. The van der Waals surface area contributed by atoms with E-state index in [1.165, 1.54) is 7.11 Å². The third kappa shape index (κ3) is 4.64. The number of amides is 2. The number of anilines is 1. The lowest BCUT2D eigenvalue weighted by molar-refractivity contribution is -0.137. The molecule has 0 unspecified atom stereocenters. The van der Waals surface area contributed by atoms with E-state index in [0.717, 1.165) is 11.1 Å². The van der Waals surface area contributed by atoms with Crippen LogP contribution in [0, 0.1) is 12.5 Å². The summed E-state index contributed by atoms with van der Waals surface area (Å²) >= 11 is 0. The van der Waals surface area contributed by atoms with Gasteiger partial charge in [-0.15, -0.1) is 0 Å². The van der Waals surface area contributed by atoms with Gasteiger partial charge in [-0.05, 0) is 43.4 Å². The standard InChI is InChI=1S/C26H27N3O6/c1-27-16-8-7-15(5-4-6-23(30)31)20(11-16)29-25(33)19-14-26(19)9-10-35-22-13-21(34-3)17(12-18(22)26)24(32)28-2/h7-8,11-13,19H,4-6,9-10,14H2,2-3H3,(H,28,32)(H,29,33)(H,30,31)/t19-,26-/m0/s1. The number of carbonyl (C=O) groups is 3. The van der Waals surface area contributed by atoms with Gasteiger partial charge in [0.15, 0.2) is 5.69 Å². The zero-order valence-corrected chi connectivity index (χ0v) is 19.6. The highest BCUT2D eigenvalue weighted by Crippen LogP contribution is 2.61. The molecule has 0 radical (unpaired) electrons. The molecule has 1 spiro atoms. The monoisotopic (exact) mass is 477 g/mol. The van der Waals surface area contributed by atoms with E-state index in [2.05, 4.69) is 15.5 Å². The molecule has 182 valence electrons. The Labute approximate surface area is 203 Å². The van der Waals surface area contributed by atoms with Gasteiger partial charge in [-0.25, -0.2) is 4.85 Å². The van der Waals surface area contributed by atoms with E-state index in [9.17, 15) is 14.4 Å². The number of rotatable bonds is 8. The average molecular weight is 478 g/mol. The maximum absolute atomic E-state index is 13.4. The van der Waals surface area contributed by atoms with Gasteiger partial charge < -0.3 is 25.2 Å². The summed E-state index contributed by atoms with van der Waals surface area (Å²) < 4.78 is 11.2. The van der Waals surface area contributed by atoms with Crippen LogP contribution in [0.15, 0.2) is 30.3 Å². The molecular formula is C26H27N3O6. The van der Waals surface area contributed by atoms with Crippen LogP contribution in [0.5, 0.6) is 11.5 Å². The van der Waals surface area contributed by atoms with Crippen molar-refractivity contribution in [1.82, 2.24) is 5.32 Å². The first kappa shape index (κ1) is 24.1. The summed E-state index contributed by atoms with van der Waals surface area (Å²) in [5.74, 6) is -0.631. The lowest BCUT2D eigenvalue weighted by Crippen LogP contribution is -2.28. The predicted molar refractivity (Wildman–Crippen MR) is 128 cm³/mol. The molecule has 0 saturated heterocycles. The summed E-state index contributed by atoms with van der Waals surface area (Å²) in [5.41, 5.74) is 2.49. The molecule has 2 amide bonds. The zero-order chi connectivity index (χ0) is 25.2. The molecule has 3 N–H and O–H groups in total. The summed E-state index contributed by atoms with van der Waals surface area (Å²) in [4.78, 5) is 40.1. The summed E-state index contributed by atoms with van der Waals surface area (Å²) in [6.45, 7) is 7.75. The van der Waals surface area contributed by atoms with Crippen molar-refractivity contribution >= 4 is 29.2 Å². The van der Waals surface area contributed by atoms with Crippen molar-refractivity contribution in [2.45, 2.75) is 37.5 Å². The lowest BCUT2D eigenvalue weighted by Gasteiger charge is -2.28. The van der Waals surface area contributed by atoms with Crippen molar-refractivity contribution < 1.29 is 29.0 Å². The van der Waals surface area contributed by atoms with Gasteiger partial charge in [0.2, 0.25) is 5.91 Å². The van der Waals surface area contributed by atoms with Gasteiger partial charge in [0, 0.05) is 42.1 Å². The first-order valence-corrected chi connectivity index (χ1v) is 11.4. The van der Waals surface area contributed by atoms with E-state index in [1.807, 2.05) is 0 Å². The van der Waals surface area contributed by atoms with Crippen LogP contribution in [-0.4, -0.2) is 43.7 Å². The van der Waals surface area contributed by atoms with Crippen LogP contribution >= 0.6 is 0 Å². The van der Waals surface area contributed by atoms with Crippen LogP contribution in [0.1, 0.15) is 47.2 Å². The minimum Gasteiger partial charge on any atom is -0.496 e. The number of fused-ring (bicyclic) bond motifs is 2. The average Bonchev–Trinajstić information content (AvgIpc) is 3.58. The SMILES string of the molecule is [C-]#[N+]c1ccc(CCCC(=O)O)c(NC(=O)[C@@H]2C[C@]23CCOc2cc(OC)c(C(=O)NC)cc23)c1.